The van der Waals surface area contributed by atoms with E-state index >= 15 is 0 Å². The number of para-hydroxylation sites is 1. The van der Waals surface area contributed by atoms with Gasteiger partial charge in [-0.25, -0.2) is 9.78 Å². The fourth-order valence-electron chi connectivity index (χ4n) is 6.05. The molecule has 0 saturated carbocycles. The maximum Gasteiger partial charge on any atom is 0.327 e. The van der Waals surface area contributed by atoms with Gasteiger partial charge in [-0.3, -0.25) is 14.5 Å². The summed E-state index contributed by atoms with van der Waals surface area (Å²) in [5.74, 6) is 0.473. The predicted molar refractivity (Wildman–Crippen MR) is 187 cm³/mol. The van der Waals surface area contributed by atoms with E-state index in [-0.39, 0.29) is 5.56 Å². The molecule has 1 aliphatic rings. The average molecular weight is 627 g/mol. The van der Waals surface area contributed by atoms with E-state index in [1.165, 1.54) is 56.3 Å². The van der Waals surface area contributed by atoms with Crippen molar-refractivity contribution in [1.29, 1.82) is 0 Å². The first-order valence-electron chi connectivity index (χ1n) is 17.1. The molecular weight excluding hydrogens is 576 g/mol. The van der Waals surface area contributed by atoms with E-state index in [1.807, 2.05) is 24.3 Å². The van der Waals surface area contributed by atoms with Crippen LogP contribution in [0.15, 0.2) is 60.7 Å². The number of fused-ring (bicyclic) bond motifs is 1. The lowest BCUT2D eigenvalue weighted by atomic mass is 10.1. The Morgan fingerprint density at radius 1 is 0.783 bits per heavy atom. The number of nitrogens with one attached hydrogen (secondary N) is 1. The van der Waals surface area contributed by atoms with E-state index in [2.05, 4.69) is 31.0 Å². The number of Topliss-reactive ketones (excluding diaryl/α,β-unsaturated/α-hetero) is 2. The molecule has 1 heterocycles. The van der Waals surface area contributed by atoms with E-state index < -0.39 is 23.6 Å². The number of hydrogen-bond acceptors (Lipinski definition) is 6. The lowest BCUT2D eigenvalue weighted by molar-refractivity contribution is 0.0889. The Bertz CT molecular complexity index is 1450. The van der Waals surface area contributed by atoms with Crippen LogP contribution < -0.4 is 19.9 Å². The molecule has 8 nitrogen and oxygen atoms in total. The summed E-state index contributed by atoms with van der Waals surface area (Å²) >= 11 is 0. The standard InChI is InChI=1S/C38H50N4O4/c1-5-8-9-10-11-12-13-14-15-19-26-46-30-22-23-31-32(27-30)37(44)35(36(31)43)42(38(45)40-29-20-17-16-18-21-29)33-24-25-34(39-28(33)4)41(6-2)7-3/h16-18,20-25,27,35H,5-15,19,26H2,1-4H3,(H,40,45). The summed E-state index contributed by atoms with van der Waals surface area (Å²) in [6, 6.07) is 15.7. The average Bonchev–Trinajstić information content (AvgIpc) is 3.30. The number of ether oxygens (including phenoxy) is 1. The summed E-state index contributed by atoms with van der Waals surface area (Å²) in [5, 5.41) is 2.87. The highest BCUT2D eigenvalue weighted by molar-refractivity contribution is 6.33. The Hall–Kier alpha value is -4.20. The van der Waals surface area contributed by atoms with Gasteiger partial charge in [0.05, 0.1) is 18.0 Å². The Labute approximate surface area is 274 Å². The summed E-state index contributed by atoms with van der Waals surface area (Å²) in [4.78, 5) is 49.7. The third-order valence-electron chi connectivity index (χ3n) is 8.68. The van der Waals surface area contributed by atoms with Gasteiger partial charge in [-0.2, -0.15) is 0 Å². The minimum absolute atomic E-state index is 0.276. The van der Waals surface area contributed by atoms with Gasteiger partial charge in [0.2, 0.25) is 0 Å². The smallest absolute Gasteiger partial charge is 0.327 e. The molecular formula is C38H50N4O4. The summed E-state index contributed by atoms with van der Waals surface area (Å²) in [7, 11) is 0. The van der Waals surface area contributed by atoms with Crippen molar-refractivity contribution in [1.82, 2.24) is 4.98 Å². The molecule has 1 aliphatic carbocycles. The van der Waals surface area contributed by atoms with Crippen LogP contribution >= 0.6 is 0 Å². The molecule has 2 aromatic carbocycles. The Morgan fingerprint density at radius 2 is 1.41 bits per heavy atom. The van der Waals surface area contributed by atoms with Crippen LogP contribution in [-0.4, -0.2) is 48.3 Å². The van der Waals surface area contributed by atoms with E-state index in [4.69, 9.17) is 9.72 Å². The highest BCUT2D eigenvalue weighted by atomic mass is 16.5. The molecule has 246 valence electrons. The molecule has 0 aliphatic heterocycles. The molecule has 0 radical (unpaired) electrons. The van der Waals surface area contributed by atoms with E-state index in [1.54, 1.807) is 43.3 Å². The van der Waals surface area contributed by atoms with Crippen LogP contribution in [0.3, 0.4) is 0 Å². The predicted octanol–water partition coefficient (Wildman–Crippen LogP) is 9.02. The van der Waals surface area contributed by atoms with Crippen LogP contribution in [0.4, 0.5) is 22.0 Å². The first-order valence-corrected chi connectivity index (χ1v) is 17.1. The molecule has 1 N–H and O–H groups in total. The summed E-state index contributed by atoms with van der Waals surface area (Å²) in [5.41, 5.74) is 2.08. The van der Waals surface area contributed by atoms with Crippen LogP contribution in [0.5, 0.6) is 5.75 Å². The number of nitrogens with zero attached hydrogens (tertiary/aromatic N) is 3. The van der Waals surface area contributed by atoms with Gasteiger partial charge in [0.25, 0.3) is 0 Å². The fraction of sp³-hybridized carbons (Fsp3) is 0.474. The molecule has 2 amide bonds. The van der Waals surface area contributed by atoms with E-state index in [0.717, 1.165) is 31.7 Å². The zero-order valence-corrected chi connectivity index (χ0v) is 28.0. The molecule has 0 fully saturated rings. The third-order valence-corrected chi connectivity index (χ3v) is 8.68. The van der Waals surface area contributed by atoms with Crippen LogP contribution in [-0.2, 0) is 0 Å². The van der Waals surface area contributed by atoms with Crippen molar-refractivity contribution in [2.75, 3.05) is 34.8 Å². The molecule has 0 spiro atoms. The Morgan fingerprint density at radius 3 is 2.04 bits per heavy atom. The first kappa shape index (κ1) is 34.7. The number of ketones is 2. The number of aromatic nitrogens is 1. The van der Waals surface area contributed by atoms with Crippen molar-refractivity contribution >= 4 is 34.8 Å². The van der Waals surface area contributed by atoms with Gasteiger partial charge < -0.3 is 15.0 Å². The molecule has 0 saturated heterocycles. The largest absolute Gasteiger partial charge is 0.494 e. The fourth-order valence-corrected chi connectivity index (χ4v) is 6.05. The van der Waals surface area contributed by atoms with Gasteiger partial charge >= 0.3 is 6.03 Å². The van der Waals surface area contributed by atoms with Crippen LogP contribution in [0, 0.1) is 6.92 Å². The second-order valence-corrected chi connectivity index (χ2v) is 12.0. The number of urea groups is 1. The van der Waals surface area contributed by atoms with Crippen molar-refractivity contribution < 1.29 is 19.1 Å². The van der Waals surface area contributed by atoms with Gasteiger partial charge in [-0.05, 0) is 69.7 Å². The van der Waals surface area contributed by atoms with Crippen molar-refractivity contribution in [3.63, 3.8) is 0 Å². The van der Waals surface area contributed by atoms with Crippen LogP contribution in [0.2, 0.25) is 0 Å². The molecule has 3 aromatic rings. The molecule has 1 atom stereocenters. The number of anilines is 3. The van der Waals surface area contributed by atoms with Gasteiger partial charge in [0, 0.05) is 29.9 Å². The number of amides is 2. The Balaban J connectivity index is 1.46. The maximum absolute atomic E-state index is 13.9. The SMILES string of the molecule is CCCCCCCCCCCCOc1ccc2c(c1)C(=O)C(N(C(=O)Nc1ccccc1)c1ccc(N(CC)CC)nc1C)C2=O. The number of hydrogen-bond donors (Lipinski definition) is 1. The molecule has 4 rings (SSSR count). The summed E-state index contributed by atoms with van der Waals surface area (Å²) in [6.45, 7) is 10.2. The molecule has 8 heteroatoms. The zero-order chi connectivity index (χ0) is 32.9. The lowest BCUT2D eigenvalue weighted by Gasteiger charge is -2.29. The molecule has 0 bridgehead atoms. The van der Waals surface area contributed by atoms with Crippen LogP contribution in [0.25, 0.3) is 0 Å². The highest BCUT2D eigenvalue weighted by Gasteiger charge is 2.46. The van der Waals surface area contributed by atoms with Crippen molar-refractivity contribution in [3.05, 3.63) is 77.5 Å². The minimum atomic E-state index is -1.35. The van der Waals surface area contributed by atoms with Crippen LogP contribution in [0.1, 0.15) is 111 Å². The number of unbranched alkanes of at least 4 members (excludes halogenated alkanes) is 9. The minimum Gasteiger partial charge on any atom is -0.494 e. The maximum atomic E-state index is 13.9. The zero-order valence-electron chi connectivity index (χ0n) is 28.0. The highest BCUT2D eigenvalue weighted by Crippen LogP contribution is 2.34. The topological polar surface area (TPSA) is 91.8 Å². The van der Waals surface area contributed by atoms with Gasteiger partial charge in [0.15, 0.2) is 17.6 Å². The quantitative estimate of drug-likeness (QED) is 0.112. The number of pyridine rings is 1. The number of benzene rings is 2. The number of carbonyl (C=O) groups excluding carboxylic acids is 3. The second kappa shape index (κ2) is 17.5. The monoisotopic (exact) mass is 626 g/mol. The van der Waals surface area contributed by atoms with E-state index in [0.29, 0.717) is 35.0 Å². The second-order valence-electron chi connectivity index (χ2n) is 12.0. The van der Waals surface area contributed by atoms with Crippen molar-refractivity contribution in [2.45, 2.75) is 97.9 Å². The summed E-state index contributed by atoms with van der Waals surface area (Å²) in [6.07, 6.45) is 12.4. The normalized spacial score (nSPS) is 13.9. The van der Waals surface area contributed by atoms with E-state index in [9.17, 15) is 14.4 Å². The van der Waals surface area contributed by atoms with Gasteiger partial charge in [0.1, 0.15) is 11.6 Å². The number of rotatable bonds is 18. The summed E-state index contributed by atoms with van der Waals surface area (Å²) < 4.78 is 6.00. The van der Waals surface area contributed by atoms with Crippen molar-refractivity contribution in [3.8, 4) is 5.75 Å². The molecule has 1 aromatic heterocycles. The lowest BCUT2D eigenvalue weighted by Crippen LogP contribution is -2.49. The Kier molecular flexibility index (Phi) is 13.2. The third kappa shape index (κ3) is 8.74. The number of aryl methyl sites for hydroxylation is 1. The van der Waals surface area contributed by atoms with Gasteiger partial charge in [-0.1, -0.05) is 82.9 Å². The molecule has 46 heavy (non-hydrogen) atoms. The molecule has 1 unspecified atom stereocenters. The van der Waals surface area contributed by atoms with Gasteiger partial charge in [-0.15, -0.1) is 0 Å². The number of carbonyl (C=O) groups is 3. The van der Waals surface area contributed by atoms with Crippen molar-refractivity contribution in [2.24, 2.45) is 0 Å². The first-order chi connectivity index (χ1) is 22.4.